The van der Waals surface area contributed by atoms with E-state index in [1.54, 1.807) is 42.5 Å². The Labute approximate surface area is 157 Å². The molecule has 0 spiro atoms. The van der Waals surface area contributed by atoms with E-state index in [2.05, 4.69) is 26.2 Å². The molecule has 1 fully saturated rings. The fourth-order valence-corrected chi connectivity index (χ4v) is 2.80. The van der Waals surface area contributed by atoms with Crippen molar-refractivity contribution in [1.29, 1.82) is 0 Å². The van der Waals surface area contributed by atoms with Crippen molar-refractivity contribution in [3.63, 3.8) is 0 Å². The van der Waals surface area contributed by atoms with Gasteiger partial charge in [0.25, 0.3) is 5.91 Å². The fraction of sp³-hybridized carbons (Fsp3) is 0.111. The second kappa shape index (κ2) is 7.49. The zero-order chi connectivity index (χ0) is 18.7. The molecular formula is C18H14BrN3O4. The smallest absolute Gasteiger partial charge is 0.335 e. The molecule has 2 aromatic rings. The quantitative estimate of drug-likeness (QED) is 0.613. The van der Waals surface area contributed by atoms with Crippen molar-refractivity contribution in [2.24, 2.45) is 10.9 Å². The number of nitrogens with zero attached hydrogens (tertiary/aromatic N) is 2. The summed E-state index contributed by atoms with van der Waals surface area (Å²) in [5.41, 5.74) is 0.904. The van der Waals surface area contributed by atoms with Crippen LogP contribution in [0.4, 0.5) is 16.2 Å². The van der Waals surface area contributed by atoms with E-state index in [0.29, 0.717) is 17.1 Å². The molecule has 0 aliphatic carbocycles. The van der Waals surface area contributed by atoms with Gasteiger partial charge in [-0.05, 0) is 52.3 Å². The first-order valence-corrected chi connectivity index (χ1v) is 8.42. The molecular weight excluding hydrogens is 402 g/mol. The Balaban J connectivity index is 1.89. The molecule has 1 atom stereocenters. The van der Waals surface area contributed by atoms with Gasteiger partial charge in [0.15, 0.2) is 5.92 Å². The molecule has 0 bridgehead atoms. The molecule has 3 rings (SSSR count). The Hall–Kier alpha value is -3.00. The first-order valence-electron chi connectivity index (χ1n) is 7.63. The molecule has 0 radical (unpaired) electrons. The number of halogens is 1. The number of para-hydroxylation sites is 1. The van der Waals surface area contributed by atoms with Crippen molar-refractivity contribution in [2.75, 3.05) is 12.0 Å². The molecule has 0 saturated carbocycles. The Bertz CT molecular complexity index is 896. The van der Waals surface area contributed by atoms with E-state index in [1.807, 2.05) is 6.07 Å². The maximum absolute atomic E-state index is 12.7. The molecule has 1 aliphatic rings. The highest BCUT2D eigenvalue weighted by Crippen LogP contribution is 2.26. The minimum atomic E-state index is -1.21. The van der Waals surface area contributed by atoms with Crippen LogP contribution in [0.25, 0.3) is 0 Å². The highest BCUT2D eigenvalue weighted by molar-refractivity contribution is 9.10. The number of hydrogen-bond acceptors (Lipinski definition) is 5. The van der Waals surface area contributed by atoms with Crippen LogP contribution in [0.15, 0.2) is 58.0 Å². The van der Waals surface area contributed by atoms with Crippen LogP contribution in [0.3, 0.4) is 0 Å². The summed E-state index contributed by atoms with van der Waals surface area (Å²) >= 11 is 3.35. The molecule has 4 amide bonds. The molecule has 1 aliphatic heterocycles. The zero-order valence-corrected chi connectivity index (χ0v) is 15.3. The van der Waals surface area contributed by atoms with Crippen molar-refractivity contribution in [1.82, 2.24) is 5.32 Å². The SMILES string of the molecule is COc1ccc(N2C(=O)NC(=O)[C@@H](C=Nc3ccccc3Br)C2=O)cc1. The predicted molar refractivity (Wildman–Crippen MR) is 99.8 cm³/mol. The number of imide groups is 2. The standard InChI is InChI=1S/C18H14BrN3O4/c1-26-12-8-6-11(7-9-12)22-17(24)13(16(23)21-18(22)25)10-20-15-5-3-2-4-14(15)19/h2-10,13H,1H3,(H,21,23,25)/t13-/m1/s1. The van der Waals surface area contributed by atoms with Crippen LogP contribution < -0.4 is 15.0 Å². The van der Waals surface area contributed by atoms with Gasteiger partial charge < -0.3 is 4.74 Å². The number of carbonyl (C=O) groups excluding carboxylic acids is 3. The normalized spacial score (nSPS) is 17.5. The van der Waals surface area contributed by atoms with Gasteiger partial charge in [0.2, 0.25) is 5.91 Å². The van der Waals surface area contributed by atoms with Crippen molar-refractivity contribution in [2.45, 2.75) is 0 Å². The molecule has 0 aromatic heterocycles. The number of benzene rings is 2. The number of nitrogens with one attached hydrogen (secondary N) is 1. The summed E-state index contributed by atoms with van der Waals surface area (Å²) in [4.78, 5) is 42.1. The van der Waals surface area contributed by atoms with Gasteiger partial charge in [0, 0.05) is 10.7 Å². The van der Waals surface area contributed by atoms with Gasteiger partial charge in [-0.1, -0.05) is 12.1 Å². The molecule has 7 nitrogen and oxygen atoms in total. The van der Waals surface area contributed by atoms with Gasteiger partial charge in [-0.15, -0.1) is 0 Å². The topological polar surface area (TPSA) is 88.1 Å². The second-order valence-electron chi connectivity index (χ2n) is 5.37. The average Bonchev–Trinajstić information content (AvgIpc) is 2.63. The summed E-state index contributed by atoms with van der Waals surface area (Å²) in [6.07, 6.45) is 1.24. The maximum atomic E-state index is 12.7. The Kier molecular flexibility index (Phi) is 5.13. The number of rotatable bonds is 4. The van der Waals surface area contributed by atoms with Crippen LogP contribution in [0.1, 0.15) is 0 Å². The van der Waals surface area contributed by atoms with Crippen LogP contribution in [0.5, 0.6) is 5.75 Å². The summed E-state index contributed by atoms with van der Waals surface area (Å²) in [7, 11) is 1.51. The highest BCUT2D eigenvalue weighted by atomic mass is 79.9. The number of ether oxygens (including phenoxy) is 1. The van der Waals surface area contributed by atoms with E-state index in [0.717, 1.165) is 9.37 Å². The summed E-state index contributed by atoms with van der Waals surface area (Å²) < 4.78 is 5.79. The first kappa shape index (κ1) is 17.8. The Morgan fingerprint density at radius 2 is 1.81 bits per heavy atom. The fourth-order valence-electron chi connectivity index (χ4n) is 2.41. The summed E-state index contributed by atoms with van der Waals surface area (Å²) in [6.45, 7) is 0. The lowest BCUT2D eigenvalue weighted by Gasteiger charge is -2.28. The van der Waals surface area contributed by atoms with Crippen LogP contribution in [0, 0.1) is 5.92 Å². The lowest BCUT2D eigenvalue weighted by atomic mass is 10.1. The number of hydrogen-bond donors (Lipinski definition) is 1. The Morgan fingerprint density at radius 3 is 2.46 bits per heavy atom. The zero-order valence-electron chi connectivity index (χ0n) is 13.7. The van der Waals surface area contributed by atoms with Crippen molar-refractivity contribution in [3.05, 3.63) is 53.0 Å². The minimum Gasteiger partial charge on any atom is -0.497 e. The maximum Gasteiger partial charge on any atom is 0.335 e. The molecule has 1 heterocycles. The second-order valence-corrected chi connectivity index (χ2v) is 6.23. The van der Waals surface area contributed by atoms with Gasteiger partial charge in [-0.3, -0.25) is 19.9 Å². The molecule has 0 unspecified atom stereocenters. The Morgan fingerprint density at radius 1 is 1.12 bits per heavy atom. The summed E-state index contributed by atoms with van der Waals surface area (Å²) in [5.74, 6) is -2.00. The number of anilines is 1. The minimum absolute atomic E-state index is 0.333. The third-order valence-corrected chi connectivity index (χ3v) is 4.42. The van der Waals surface area contributed by atoms with Gasteiger partial charge >= 0.3 is 6.03 Å². The summed E-state index contributed by atoms with van der Waals surface area (Å²) in [5, 5.41) is 2.18. The number of aliphatic imine (C=N–C) groups is 1. The number of barbiturate groups is 1. The van der Waals surface area contributed by atoms with Crippen LogP contribution >= 0.6 is 15.9 Å². The van der Waals surface area contributed by atoms with Crippen LogP contribution in [-0.4, -0.2) is 31.2 Å². The molecule has 1 saturated heterocycles. The molecule has 8 heteroatoms. The van der Waals surface area contributed by atoms with E-state index in [9.17, 15) is 14.4 Å². The number of amides is 4. The molecule has 26 heavy (non-hydrogen) atoms. The van der Waals surface area contributed by atoms with Gasteiger partial charge in [-0.2, -0.15) is 0 Å². The van der Waals surface area contributed by atoms with Crippen LogP contribution in [-0.2, 0) is 9.59 Å². The van der Waals surface area contributed by atoms with E-state index >= 15 is 0 Å². The van der Waals surface area contributed by atoms with E-state index in [1.165, 1.54) is 13.3 Å². The largest absolute Gasteiger partial charge is 0.497 e. The molecule has 2 aromatic carbocycles. The third-order valence-electron chi connectivity index (χ3n) is 3.75. The number of carbonyl (C=O) groups is 3. The first-order chi connectivity index (χ1) is 12.5. The average molecular weight is 416 g/mol. The van der Waals surface area contributed by atoms with Gasteiger partial charge in [-0.25, -0.2) is 9.69 Å². The van der Waals surface area contributed by atoms with Gasteiger partial charge in [0.05, 0.1) is 18.5 Å². The van der Waals surface area contributed by atoms with E-state index < -0.39 is 23.8 Å². The van der Waals surface area contributed by atoms with Crippen molar-refractivity contribution in [3.8, 4) is 5.75 Å². The predicted octanol–water partition coefficient (Wildman–Crippen LogP) is 3.06. The summed E-state index contributed by atoms with van der Waals surface area (Å²) in [6, 6.07) is 12.7. The van der Waals surface area contributed by atoms with E-state index in [-0.39, 0.29) is 0 Å². The lowest BCUT2D eigenvalue weighted by molar-refractivity contribution is -0.131. The lowest BCUT2D eigenvalue weighted by Crippen LogP contribution is -2.58. The van der Waals surface area contributed by atoms with Crippen molar-refractivity contribution >= 4 is 51.4 Å². The monoisotopic (exact) mass is 415 g/mol. The van der Waals surface area contributed by atoms with Crippen molar-refractivity contribution < 1.29 is 19.1 Å². The number of methoxy groups -OCH3 is 1. The number of urea groups is 1. The molecule has 1 N–H and O–H groups in total. The molecule has 132 valence electrons. The highest BCUT2D eigenvalue weighted by Gasteiger charge is 2.40. The van der Waals surface area contributed by atoms with Gasteiger partial charge in [0.1, 0.15) is 5.75 Å². The van der Waals surface area contributed by atoms with E-state index in [4.69, 9.17) is 4.74 Å². The third kappa shape index (κ3) is 3.50. The van der Waals surface area contributed by atoms with Crippen LogP contribution in [0.2, 0.25) is 0 Å².